The third kappa shape index (κ3) is 3.29. The molecule has 0 heterocycles. The van der Waals surface area contributed by atoms with Crippen LogP contribution >= 0.6 is 0 Å². The minimum absolute atomic E-state index is 1.12. The SMILES string of the molecule is C=CC(/C=C\C)=C(C=C)\C(C)=C/C. The fourth-order valence-corrected chi connectivity index (χ4v) is 1.11. The van der Waals surface area contributed by atoms with Crippen molar-refractivity contribution < 1.29 is 0 Å². The average Bonchev–Trinajstić information content (AvgIpc) is 2.17. The van der Waals surface area contributed by atoms with Gasteiger partial charge in [0.1, 0.15) is 0 Å². The Morgan fingerprint density at radius 1 is 1.08 bits per heavy atom. The van der Waals surface area contributed by atoms with Crippen LogP contribution < -0.4 is 0 Å². The van der Waals surface area contributed by atoms with E-state index >= 15 is 0 Å². The van der Waals surface area contributed by atoms with Gasteiger partial charge in [-0.3, -0.25) is 0 Å². The van der Waals surface area contributed by atoms with E-state index in [0.717, 1.165) is 11.1 Å². The van der Waals surface area contributed by atoms with Crippen molar-refractivity contribution in [3.05, 3.63) is 60.3 Å². The van der Waals surface area contributed by atoms with E-state index in [4.69, 9.17) is 0 Å². The van der Waals surface area contributed by atoms with Gasteiger partial charge in [-0.15, -0.1) is 0 Å². The molecule has 0 fully saturated rings. The maximum atomic E-state index is 3.80. The molecule has 0 heteroatoms. The smallest absolute Gasteiger partial charge is 0.0164 e. The Morgan fingerprint density at radius 3 is 2.00 bits per heavy atom. The molecular weight excluding hydrogens is 156 g/mol. The summed E-state index contributed by atoms with van der Waals surface area (Å²) in [6.45, 7) is 13.7. The zero-order chi connectivity index (χ0) is 10.3. The molecule has 0 saturated heterocycles. The van der Waals surface area contributed by atoms with E-state index in [2.05, 4.69) is 26.2 Å². The van der Waals surface area contributed by atoms with Gasteiger partial charge in [0.05, 0.1) is 0 Å². The van der Waals surface area contributed by atoms with E-state index in [1.54, 1.807) is 0 Å². The van der Waals surface area contributed by atoms with Crippen LogP contribution in [0.2, 0.25) is 0 Å². The second kappa shape index (κ2) is 6.24. The Balaban J connectivity index is 5.29. The van der Waals surface area contributed by atoms with Gasteiger partial charge in [0.2, 0.25) is 0 Å². The zero-order valence-corrected chi connectivity index (χ0v) is 8.80. The predicted octanol–water partition coefficient (Wildman–Crippen LogP) is 4.20. The molecule has 0 rings (SSSR count). The Labute approximate surface area is 81.7 Å². The monoisotopic (exact) mass is 174 g/mol. The lowest BCUT2D eigenvalue weighted by molar-refractivity contribution is 1.37. The molecule has 0 aliphatic carbocycles. The first kappa shape index (κ1) is 11.7. The second-order valence-corrected chi connectivity index (χ2v) is 2.75. The average molecular weight is 174 g/mol. The minimum atomic E-state index is 1.12. The molecule has 13 heavy (non-hydrogen) atoms. The van der Waals surface area contributed by atoms with E-state index in [0.29, 0.717) is 0 Å². The Kier molecular flexibility index (Phi) is 5.62. The quantitative estimate of drug-likeness (QED) is 0.560. The summed E-state index contributed by atoms with van der Waals surface area (Å²) in [6.07, 6.45) is 9.83. The number of hydrogen-bond donors (Lipinski definition) is 0. The third-order valence-electron chi connectivity index (χ3n) is 1.94. The van der Waals surface area contributed by atoms with Crippen LogP contribution in [0.1, 0.15) is 20.8 Å². The molecule has 0 bridgehead atoms. The summed E-state index contributed by atoms with van der Waals surface area (Å²) in [5, 5.41) is 0. The van der Waals surface area contributed by atoms with Crippen molar-refractivity contribution in [2.45, 2.75) is 20.8 Å². The van der Waals surface area contributed by atoms with Crippen LogP contribution in [0, 0.1) is 0 Å². The molecule has 0 aromatic rings. The van der Waals surface area contributed by atoms with Crippen LogP contribution in [0.25, 0.3) is 0 Å². The van der Waals surface area contributed by atoms with Gasteiger partial charge in [0.15, 0.2) is 0 Å². The van der Waals surface area contributed by atoms with Crippen LogP contribution in [-0.2, 0) is 0 Å². The van der Waals surface area contributed by atoms with E-state index in [9.17, 15) is 0 Å². The van der Waals surface area contributed by atoms with Crippen LogP contribution in [0.15, 0.2) is 60.3 Å². The van der Waals surface area contributed by atoms with Crippen LogP contribution in [0.5, 0.6) is 0 Å². The molecule has 0 atom stereocenters. The highest BCUT2D eigenvalue weighted by atomic mass is 14.0. The topological polar surface area (TPSA) is 0 Å². The fraction of sp³-hybridized carbons (Fsp3) is 0.231. The van der Waals surface area contributed by atoms with Gasteiger partial charge in [0.25, 0.3) is 0 Å². The summed E-state index contributed by atoms with van der Waals surface area (Å²) < 4.78 is 0. The van der Waals surface area contributed by atoms with Crippen molar-refractivity contribution in [1.29, 1.82) is 0 Å². The highest BCUT2D eigenvalue weighted by Gasteiger charge is 1.98. The second-order valence-electron chi connectivity index (χ2n) is 2.75. The molecule has 0 spiro atoms. The highest BCUT2D eigenvalue weighted by Crippen LogP contribution is 2.17. The van der Waals surface area contributed by atoms with Gasteiger partial charge in [-0.25, -0.2) is 0 Å². The summed E-state index contributed by atoms with van der Waals surface area (Å²) in [5.41, 5.74) is 3.49. The van der Waals surface area contributed by atoms with Gasteiger partial charge in [-0.05, 0) is 37.5 Å². The molecule has 0 N–H and O–H groups in total. The molecule has 70 valence electrons. The van der Waals surface area contributed by atoms with E-state index in [1.165, 1.54) is 5.57 Å². The molecule has 0 nitrogen and oxygen atoms in total. The molecular formula is C13H18. The van der Waals surface area contributed by atoms with Crippen molar-refractivity contribution in [1.82, 2.24) is 0 Å². The summed E-state index contributed by atoms with van der Waals surface area (Å²) in [5.74, 6) is 0. The first-order valence-electron chi connectivity index (χ1n) is 4.46. The van der Waals surface area contributed by atoms with Gasteiger partial charge >= 0.3 is 0 Å². The fourth-order valence-electron chi connectivity index (χ4n) is 1.11. The Morgan fingerprint density at radius 2 is 1.69 bits per heavy atom. The van der Waals surface area contributed by atoms with Crippen LogP contribution in [0.3, 0.4) is 0 Å². The number of hydrogen-bond acceptors (Lipinski definition) is 0. The summed E-state index contributed by atoms with van der Waals surface area (Å²) in [7, 11) is 0. The molecule has 0 unspecified atom stereocenters. The lowest BCUT2D eigenvalue weighted by Gasteiger charge is -2.05. The summed E-state index contributed by atoms with van der Waals surface area (Å²) >= 11 is 0. The lowest BCUT2D eigenvalue weighted by atomic mass is 10.0. The van der Waals surface area contributed by atoms with E-state index in [1.807, 2.05) is 38.2 Å². The molecule has 0 amide bonds. The summed E-state index contributed by atoms with van der Waals surface area (Å²) in [4.78, 5) is 0. The van der Waals surface area contributed by atoms with Crippen molar-refractivity contribution in [3.63, 3.8) is 0 Å². The van der Waals surface area contributed by atoms with Gasteiger partial charge in [0, 0.05) is 0 Å². The predicted molar refractivity (Wildman–Crippen MR) is 61.7 cm³/mol. The Bertz CT molecular complexity index is 272. The van der Waals surface area contributed by atoms with Crippen LogP contribution in [0.4, 0.5) is 0 Å². The number of allylic oxidation sites excluding steroid dienone is 8. The maximum Gasteiger partial charge on any atom is -0.0164 e. The van der Waals surface area contributed by atoms with Crippen molar-refractivity contribution in [3.8, 4) is 0 Å². The number of rotatable bonds is 4. The third-order valence-corrected chi connectivity index (χ3v) is 1.94. The first-order valence-corrected chi connectivity index (χ1v) is 4.46. The van der Waals surface area contributed by atoms with Crippen molar-refractivity contribution >= 4 is 0 Å². The van der Waals surface area contributed by atoms with Gasteiger partial charge in [-0.2, -0.15) is 0 Å². The molecule has 0 aliphatic heterocycles. The molecule has 0 radical (unpaired) electrons. The molecule has 0 aromatic heterocycles. The van der Waals surface area contributed by atoms with Crippen molar-refractivity contribution in [2.24, 2.45) is 0 Å². The van der Waals surface area contributed by atoms with E-state index in [-0.39, 0.29) is 0 Å². The van der Waals surface area contributed by atoms with Gasteiger partial charge < -0.3 is 0 Å². The Hall–Kier alpha value is -1.30. The van der Waals surface area contributed by atoms with Gasteiger partial charge in [-0.1, -0.05) is 43.5 Å². The standard InChI is InChI=1S/C13H18/c1-6-10-12(8-3)13(9-4)11(5)7-2/h6-10H,3-4H2,1-2,5H3/b10-6-,11-7-,13-12+. The maximum absolute atomic E-state index is 3.80. The van der Waals surface area contributed by atoms with Crippen LogP contribution in [-0.4, -0.2) is 0 Å². The normalized spacial score (nSPS) is 14.2. The lowest BCUT2D eigenvalue weighted by Crippen LogP contribution is -1.85. The first-order chi connectivity index (χ1) is 6.21. The zero-order valence-electron chi connectivity index (χ0n) is 8.80. The minimum Gasteiger partial charge on any atom is -0.0984 e. The molecule has 0 saturated carbocycles. The highest BCUT2D eigenvalue weighted by molar-refractivity contribution is 5.49. The van der Waals surface area contributed by atoms with Crippen molar-refractivity contribution in [2.75, 3.05) is 0 Å². The summed E-state index contributed by atoms with van der Waals surface area (Å²) in [6, 6.07) is 0. The molecule has 0 aromatic carbocycles. The molecule has 0 aliphatic rings. The van der Waals surface area contributed by atoms with E-state index < -0.39 is 0 Å². The largest absolute Gasteiger partial charge is 0.0984 e.